The highest BCUT2D eigenvalue weighted by atomic mass is 16.5. The molecule has 0 saturated carbocycles. The molecule has 182 valence electrons. The molecule has 0 aliphatic heterocycles. The van der Waals surface area contributed by atoms with Crippen molar-refractivity contribution in [3.05, 3.63) is 59.7 Å². The zero-order chi connectivity index (χ0) is 23.7. The monoisotopic (exact) mass is 450 g/mol. The molecule has 0 unspecified atom stereocenters. The quantitative estimate of drug-likeness (QED) is 0.176. The smallest absolute Gasteiger partial charge is 0.119 e. The summed E-state index contributed by atoms with van der Waals surface area (Å²) in [5.74, 6) is 1.88. The van der Waals surface area contributed by atoms with Crippen molar-refractivity contribution in [1.29, 1.82) is 0 Å². The van der Waals surface area contributed by atoms with Gasteiger partial charge in [-0.1, -0.05) is 103 Å². The van der Waals surface area contributed by atoms with Crippen LogP contribution in [0.3, 0.4) is 0 Å². The van der Waals surface area contributed by atoms with Crippen LogP contribution in [0.15, 0.2) is 48.5 Å². The zero-order valence-electron chi connectivity index (χ0n) is 21.6. The lowest BCUT2D eigenvalue weighted by atomic mass is 9.91. The van der Waals surface area contributed by atoms with E-state index in [4.69, 9.17) is 9.47 Å². The van der Waals surface area contributed by atoms with Gasteiger partial charge in [0.15, 0.2) is 0 Å². The van der Waals surface area contributed by atoms with Gasteiger partial charge in [0.05, 0.1) is 13.7 Å². The highest BCUT2D eigenvalue weighted by molar-refractivity contribution is 5.90. The zero-order valence-corrected chi connectivity index (χ0v) is 21.6. The summed E-state index contributed by atoms with van der Waals surface area (Å²) in [5, 5.41) is 0. The molecular weight excluding hydrogens is 404 g/mol. The fourth-order valence-corrected chi connectivity index (χ4v) is 4.51. The van der Waals surface area contributed by atoms with E-state index in [9.17, 15) is 0 Å². The molecule has 0 saturated heterocycles. The lowest BCUT2D eigenvalue weighted by Gasteiger charge is -2.15. The van der Waals surface area contributed by atoms with E-state index in [1.165, 1.54) is 80.1 Å². The van der Waals surface area contributed by atoms with Gasteiger partial charge in [-0.15, -0.1) is 0 Å². The molecule has 0 N–H and O–H groups in total. The van der Waals surface area contributed by atoms with Crippen molar-refractivity contribution in [3.8, 4) is 11.5 Å². The third-order valence-electron chi connectivity index (χ3n) is 6.48. The van der Waals surface area contributed by atoms with E-state index in [0.29, 0.717) is 0 Å². The van der Waals surface area contributed by atoms with Crippen LogP contribution in [0.2, 0.25) is 0 Å². The second kappa shape index (κ2) is 16.4. The minimum absolute atomic E-state index is 0.818. The lowest BCUT2D eigenvalue weighted by Crippen LogP contribution is -1.98. The maximum absolute atomic E-state index is 6.01. The van der Waals surface area contributed by atoms with E-state index in [1.54, 1.807) is 7.11 Å². The van der Waals surface area contributed by atoms with E-state index in [-0.39, 0.29) is 0 Å². The first kappa shape index (κ1) is 27.0. The Morgan fingerprint density at radius 2 is 0.970 bits per heavy atom. The molecule has 0 fully saturated rings. The van der Waals surface area contributed by atoms with E-state index in [0.717, 1.165) is 37.4 Å². The van der Waals surface area contributed by atoms with Crippen LogP contribution >= 0.6 is 0 Å². The van der Waals surface area contributed by atoms with Crippen molar-refractivity contribution in [1.82, 2.24) is 0 Å². The molecule has 0 radical (unpaired) electrons. The molecule has 0 spiro atoms. The molecule has 2 aromatic rings. The Morgan fingerprint density at radius 1 is 0.545 bits per heavy atom. The summed E-state index contributed by atoms with van der Waals surface area (Å²) in [4.78, 5) is 0. The Bertz CT molecular complexity index is 787. The number of allylic oxidation sites excluding steroid dienone is 2. The summed E-state index contributed by atoms with van der Waals surface area (Å²) in [7, 11) is 1.71. The topological polar surface area (TPSA) is 18.5 Å². The third kappa shape index (κ3) is 9.66. The molecule has 0 amide bonds. The highest BCUT2D eigenvalue weighted by Crippen LogP contribution is 2.33. The number of benzene rings is 2. The van der Waals surface area contributed by atoms with Gasteiger partial charge in [0.1, 0.15) is 11.5 Å². The predicted octanol–water partition coefficient (Wildman–Crippen LogP) is 9.73. The molecule has 33 heavy (non-hydrogen) atoms. The fourth-order valence-electron chi connectivity index (χ4n) is 4.51. The summed E-state index contributed by atoms with van der Waals surface area (Å²) in [6.07, 6.45) is 15.5. The van der Waals surface area contributed by atoms with Crippen molar-refractivity contribution >= 4 is 11.1 Å². The molecule has 2 rings (SSSR count). The predicted molar refractivity (Wildman–Crippen MR) is 144 cm³/mol. The Balaban J connectivity index is 1.80. The maximum Gasteiger partial charge on any atom is 0.119 e. The molecule has 0 heterocycles. The number of rotatable bonds is 17. The van der Waals surface area contributed by atoms with Gasteiger partial charge in [-0.05, 0) is 65.8 Å². The van der Waals surface area contributed by atoms with Crippen molar-refractivity contribution in [2.75, 3.05) is 13.7 Å². The molecule has 2 nitrogen and oxygen atoms in total. The van der Waals surface area contributed by atoms with E-state index >= 15 is 0 Å². The van der Waals surface area contributed by atoms with Crippen LogP contribution in [-0.4, -0.2) is 13.7 Å². The molecule has 2 aromatic carbocycles. The molecular formula is C31H46O2. The molecule has 0 bridgehead atoms. The van der Waals surface area contributed by atoms with Gasteiger partial charge in [0.25, 0.3) is 0 Å². The van der Waals surface area contributed by atoms with E-state index in [1.807, 2.05) is 12.1 Å². The van der Waals surface area contributed by atoms with Gasteiger partial charge in [-0.3, -0.25) is 0 Å². The number of methoxy groups -OCH3 is 1. The Hall–Kier alpha value is -2.22. The lowest BCUT2D eigenvalue weighted by molar-refractivity contribution is 0.304. The van der Waals surface area contributed by atoms with Crippen LogP contribution in [0.5, 0.6) is 11.5 Å². The van der Waals surface area contributed by atoms with Crippen molar-refractivity contribution < 1.29 is 9.47 Å². The van der Waals surface area contributed by atoms with Crippen LogP contribution < -0.4 is 9.47 Å². The fraction of sp³-hybridized carbons (Fsp3) is 0.548. The van der Waals surface area contributed by atoms with Crippen LogP contribution in [0.1, 0.15) is 109 Å². The Morgan fingerprint density at radius 3 is 1.39 bits per heavy atom. The van der Waals surface area contributed by atoms with E-state index < -0.39 is 0 Å². The van der Waals surface area contributed by atoms with Gasteiger partial charge >= 0.3 is 0 Å². The summed E-state index contributed by atoms with van der Waals surface area (Å²) in [5.41, 5.74) is 5.37. The largest absolute Gasteiger partial charge is 0.497 e. The second-order valence-corrected chi connectivity index (χ2v) is 8.95. The maximum atomic E-state index is 6.01. The van der Waals surface area contributed by atoms with Crippen molar-refractivity contribution in [2.45, 2.75) is 97.8 Å². The van der Waals surface area contributed by atoms with Gasteiger partial charge in [0, 0.05) is 0 Å². The van der Waals surface area contributed by atoms with Crippen LogP contribution in [-0.2, 0) is 0 Å². The summed E-state index contributed by atoms with van der Waals surface area (Å²) in [6.45, 7) is 7.57. The molecule has 0 aromatic heterocycles. The Kier molecular flexibility index (Phi) is 13.4. The average molecular weight is 451 g/mol. The van der Waals surface area contributed by atoms with Crippen LogP contribution in [0.25, 0.3) is 11.1 Å². The summed E-state index contributed by atoms with van der Waals surface area (Å²) >= 11 is 0. The van der Waals surface area contributed by atoms with Crippen LogP contribution in [0, 0.1) is 0 Å². The minimum Gasteiger partial charge on any atom is -0.497 e. The van der Waals surface area contributed by atoms with Crippen molar-refractivity contribution in [2.24, 2.45) is 0 Å². The van der Waals surface area contributed by atoms with Gasteiger partial charge in [-0.25, -0.2) is 0 Å². The average Bonchev–Trinajstić information content (AvgIpc) is 2.86. The first-order chi connectivity index (χ1) is 16.2. The minimum atomic E-state index is 0.818. The summed E-state index contributed by atoms with van der Waals surface area (Å²) < 4.78 is 11.3. The third-order valence-corrected chi connectivity index (χ3v) is 6.48. The standard InChI is InChI=1S/C31H46O2/c1-5-8-9-10-11-12-13-14-15-16-25-33-29-23-19-27(20-24-29)31(7-3)30(6-2)26-17-21-28(32-4)22-18-26/h17-24H,5-16,25H2,1-4H3/b31-30+. The molecule has 0 aliphatic carbocycles. The Labute approximate surface area is 203 Å². The number of hydrogen-bond donors (Lipinski definition) is 0. The van der Waals surface area contributed by atoms with E-state index in [2.05, 4.69) is 57.2 Å². The molecule has 0 aliphatic rings. The molecule has 0 atom stereocenters. The molecule has 2 heteroatoms. The summed E-state index contributed by atoms with van der Waals surface area (Å²) in [6, 6.07) is 17.1. The van der Waals surface area contributed by atoms with Gasteiger partial charge < -0.3 is 9.47 Å². The number of ether oxygens (including phenoxy) is 2. The highest BCUT2D eigenvalue weighted by Gasteiger charge is 2.09. The SMILES string of the molecule is CCCCCCCCCCCCOc1ccc(/C(CC)=C(\CC)c2ccc(OC)cc2)cc1. The van der Waals surface area contributed by atoms with Gasteiger partial charge in [0.2, 0.25) is 0 Å². The van der Waals surface area contributed by atoms with Crippen molar-refractivity contribution in [3.63, 3.8) is 0 Å². The number of unbranched alkanes of at least 4 members (excludes halogenated alkanes) is 9. The first-order valence-electron chi connectivity index (χ1n) is 13.3. The normalized spacial score (nSPS) is 11.9. The number of hydrogen-bond acceptors (Lipinski definition) is 2. The second-order valence-electron chi connectivity index (χ2n) is 8.95. The van der Waals surface area contributed by atoms with Gasteiger partial charge in [-0.2, -0.15) is 0 Å². The van der Waals surface area contributed by atoms with Crippen LogP contribution in [0.4, 0.5) is 0 Å². The first-order valence-corrected chi connectivity index (χ1v) is 13.3.